The largest absolute Gasteiger partial charge is 0.397 e. The predicted octanol–water partition coefficient (Wildman–Crippen LogP) is 1.64. The average Bonchev–Trinajstić information content (AvgIpc) is 2.39. The first-order chi connectivity index (χ1) is 5.68. The molecule has 0 fully saturated rings. The fourth-order valence-electron chi connectivity index (χ4n) is 1.38. The van der Waals surface area contributed by atoms with Crippen LogP contribution in [0.3, 0.4) is 0 Å². The first kappa shape index (κ1) is 7.03. The Hall–Kier alpha value is -1.64. The van der Waals surface area contributed by atoms with E-state index in [0.29, 0.717) is 11.4 Å². The number of aromatic amines is 1. The van der Waals surface area contributed by atoms with E-state index in [1.165, 1.54) is 0 Å². The van der Waals surface area contributed by atoms with Crippen LogP contribution in [0.15, 0.2) is 18.2 Å². The molecule has 0 saturated heterocycles. The first-order valence-electron chi connectivity index (χ1n) is 3.82. The lowest BCUT2D eigenvalue weighted by Crippen LogP contribution is -1.94. The van der Waals surface area contributed by atoms with Crippen molar-refractivity contribution >= 4 is 22.3 Å². The number of hydrogen-bond donors (Lipinski definition) is 3. The Kier molecular flexibility index (Phi) is 1.27. The average molecular weight is 161 g/mol. The van der Waals surface area contributed by atoms with Crippen molar-refractivity contribution in [1.29, 1.82) is 0 Å². The molecule has 1 aromatic heterocycles. The molecule has 62 valence electrons. The predicted molar refractivity (Wildman–Crippen MR) is 51.9 cm³/mol. The monoisotopic (exact) mass is 161 g/mol. The third-order valence-corrected chi connectivity index (χ3v) is 2.01. The minimum atomic E-state index is 0.629. The number of H-pyrrole nitrogens is 1. The lowest BCUT2D eigenvalue weighted by molar-refractivity contribution is 1.30. The van der Waals surface area contributed by atoms with Gasteiger partial charge in [0.05, 0.1) is 16.9 Å². The zero-order valence-corrected chi connectivity index (χ0v) is 6.89. The number of fused-ring (bicyclic) bond motifs is 1. The number of nitrogens with two attached hydrogens (primary N) is 2. The van der Waals surface area contributed by atoms with Gasteiger partial charge in [-0.3, -0.25) is 0 Å². The molecule has 0 aliphatic heterocycles. The van der Waals surface area contributed by atoms with Gasteiger partial charge in [0.2, 0.25) is 0 Å². The molecule has 0 unspecified atom stereocenters. The summed E-state index contributed by atoms with van der Waals surface area (Å²) in [5.74, 6) is 0. The molecule has 0 aliphatic rings. The highest BCUT2D eigenvalue weighted by Gasteiger charge is 2.02. The summed E-state index contributed by atoms with van der Waals surface area (Å²) in [6, 6.07) is 5.83. The highest BCUT2D eigenvalue weighted by molar-refractivity contribution is 5.96. The van der Waals surface area contributed by atoms with Crippen molar-refractivity contribution in [3.8, 4) is 0 Å². The van der Waals surface area contributed by atoms with E-state index in [1.54, 1.807) is 0 Å². The van der Waals surface area contributed by atoms with Crippen LogP contribution >= 0.6 is 0 Å². The number of anilines is 2. The Morgan fingerprint density at radius 3 is 2.75 bits per heavy atom. The number of nitrogens with one attached hydrogen (secondary N) is 1. The maximum absolute atomic E-state index is 5.78. The fourth-order valence-corrected chi connectivity index (χ4v) is 1.38. The lowest BCUT2D eigenvalue weighted by atomic mass is 10.2. The third kappa shape index (κ3) is 0.830. The Bertz CT molecular complexity index is 429. The second kappa shape index (κ2) is 2.17. The molecule has 5 N–H and O–H groups in total. The molecule has 1 heterocycles. The number of hydrogen-bond acceptors (Lipinski definition) is 2. The molecule has 0 amide bonds. The smallest absolute Gasteiger partial charge is 0.0793 e. The van der Waals surface area contributed by atoms with Crippen LogP contribution in [0.2, 0.25) is 0 Å². The van der Waals surface area contributed by atoms with Crippen molar-refractivity contribution in [3.05, 3.63) is 23.9 Å². The van der Waals surface area contributed by atoms with Gasteiger partial charge >= 0.3 is 0 Å². The molecular weight excluding hydrogens is 150 g/mol. The molecular formula is C9H11N3. The van der Waals surface area contributed by atoms with Gasteiger partial charge in [0.1, 0.15) is 0 Å². The van der Waals surface area contributed by atoms with E-state index >= 15 is 0 Å². The summed E-state index contributed by atoms with van der Waals surface area (Å²) in [5.41, 5.74) is 14.7. The zero-order chi connectivity index (χ0) is 8.72. The van der Waals surface area contributed by atoms with Crippen molar-refractivity contribution in [2.45, 2.75) is 6.92 Å². The minimum absolute atomic E-state index is 0.629. The first-order valence-corrected chi connectivity index (χ1v) is 3.82. The SMILES string of the molecule is Cc1cc2ccc(N)c(N)c2[nH]1. The lowest BCUT2D eigenvalue weighted by Gasteiger charge is -1.99. The van der Waals surface area contributed by atoms with Gasteiger partial charge < -0.3 is 16.5 Å². The van der Waals surface area contributed by atoms with E-state index in [1.807, 2.05) is 25.1 Å². The summed E-state index contributed by atoms with van der Waals surface area (Å²) in [5, 5.41) is 1.11. The molecule has 1 aromatic carbocycles. The standard InChI is InChI=1S/C9H11N3/c1-5-4-6-2-3-7(10)8(11)9(6)12-5/h2-4,12H,10-11H2,1H3. The summed E-state index contributed by atoms with van der Waals surface area (Å²) in [4.78, 5) is 3.16. The summed E-state index contributed by atoms with van der Waals surface area (Å²) >= 11 is 0. The number of rotatable bonds is 0. The van der Waals surface area contributed by atoms with Gasteiger partial charge in [-0.2, -0.15) is 0 Å². The van der Waals surface area contributed by atoms with E-state index in [-0.39, 0.29) is 0 Å². The van der Waals surface area contributed by atoms with Crippen LogP contribution in [-0.2, 0) is 0 Å². The van der Waals surface area contributed by atoms with Crippen LogP contribution in [0, 0.1) is 6.92 Å². The zero-order valence-electron chi connectivity index (χ0n) is 6.89. The topological polar surface area (TPSA) is 67.8 Å². The van der Waals surface area contributed by atoms with Crippen molar-refractivity contribution < 1.29 is 0 Å². The van der Waals surface area contributed by atoms with Crippen molar-refractivity contribution in [2.75, 3.05) is 11.5 Å². The molecule has 3 nitrogen and oxygen atoms in total. The van der Waals surface area contributed by atoms with Gasteiger partial charge in [-0.25, -0.2) is 0 Å². The molecule has 0 aliphatic carbocycles. The van der Waals surface area contributed by atoms with E-state index in [9.17, 15) is 0 Å². The molecule has 3 heteroatoms. The summed E-state index contributed by atoms with van der Waals surface area (Å²) in [6.07, 6.45) is 0. The molecule has 0 atom stereocenters. The van der Waals surface area contributed by atoms with Crippen LogP contribution in [0.25, 0.3) is 10.9 Å². The summed E-state index contributed by atoms with van der Waals surface area (Å²) < 4.78 is 0. The van der Waals surface area contributed by atoms with Gasteiger partial charge in [-0.1, -0.05) is 6.07 Å². The fraction of sp³-hybridized carbons (Fsp3) is 0.111. The number of aryl methyl sites for hydroxylation is 1. The third-order valence-electron chi connectivity index (χ3n) is 2.01. The second-order valence-electron chi connectivity index (χ2n) is 2.99. The van der Waals surface area contributed by atoms with E-state index < -0.39 is 0 Å². The molecule has 2 rings (SSSR count). The summed E-state index contributed by atoms with van der Waals surface area (Å²) in [6.45, 7) is 2.00. The van der Waals surface area contributed by atoms with Crippen LogP contribution < -0.4 is 11.5 Å². The summed E-state index contributed by atoms with van der Waals surface area (Å²) in [7, 11) is 0. The number of benzene rings is 1. The molecule has 0 radical (unpaired) electrons. The van der Waals surface area contributed by atoms with Crippen LogP contribution in [0.5, 0.6) is 0 Å². The van der Waals surface area contributed by atoms with Crippen LogP contribution in [0.4, 0.5) is 11.4 Å². The molecule has 0 bridgehead atoms. The van der Waals surface area contributed by atoms with Gasteiger partial charge in [0, 0.05) is 11.1 Å². The second-order valence-corrected chi connectivity index (χ2v) is 2.99. The van der Waals surface area contributed by atoms with E-state index in [4.69, 9.17) is 11.5 Å². The Balaban J connectivity index is 2.89. The number of nitrogen functional groups attached to an aromatic ring is 2. The van der Waals surface area contributed by atoms with Crippen LogP contribution in [-0.4, -0.2) is 4.98 Å². The van der Waals surface area contributed by atoms with Crippen molar-refractivity contribution in [1.82, 2.24) is 4.98 Å². The van der Waals surface area contributed by atoms with E-state index in [0.717, 1.165) is 16.6 Å². The van der Waals surface area contributed by atoms with Gasteiger partial charge in [-0.15, -0.1) is 0 Å². The molecule has 12 heavy (non-hydrogen) atoms. The highest BCUT2D eigenvalue weighted by atomic mass is 14.8. The quantitative estimate of drug-likeness (QED) is 0.514. The van der Waals surface area contributed by atoms with Crippen molar-refractivity contribution in [3.63, 3.8) is 0 Å². The maximum Gasteiger partial charge on any atom is 0.0793 e. The number of aromatic nitrogens is 1. The molecule has 2 aromatic rings. The minimum Gasteiger partial charge on any atom is -0.397 e. The van der Waals surface area contributed by atoms with Gasteiger partial charge in [0.15, 0.2) is 0 Å². The molecule has 0 spiro atoms. The Morgan fingerprint density at radius 2 is 2.00 bits per heavy atom. The van der Waals surface area contributed by atoms with Crippen molar-refractivity contribution in [2.24, 2.45) is 0 Å². The Morgan fingerprint density at radius 1 is 1.25 bits per heavy atom. The molecule has 0 saturated carbocycles. The highest BCUT2D eigenvalue weighted by Crippen LogP contribution is 2.26. The van der Waals surface area contributed by atoms with Gasteiger partial charge in [0.25, 0.3) is 0 Å². The normalized spacial score (nSPS) is 10.8. The van der Waals surface area contributed by atoms with Crippen LogP contribution in [0.1, 0.15) is 5.69 Å². The van der Waals surface area contributed by atoms with Gasteiger partial charge in [-0.05, 0) is 19.1 Å². The Labute approximate surface area is 70.4 Å². The maximum atomic E-state index is 5.78. The van der Waals surface area contributed by atoms with E-state index in [2.05, 4.69) is 4.98 Å².